The molecule has 2 heterocycles. The lowest BCUT2D eigenvalue weighted by Gasteiger charge is -2.08. The topological polar surface area (TPSA) is 74.7 Å². The van der Waals surface area contributed by atoms with Crippen molar-refractivity contribution >= 4 is 22.5 Å². The van der Waals surface area contributed by atoms with Gasteiger partial charge >= 0.3 is 0 Å². The lowest BCUT2D eigenvalue weighted by molar-refractivity contribution is 0.395. The highest BCUT2D eigenvalue weighted by atomic mass is 16.5. The standard InChI is InChI=1S/C18H16N4O2/c1-23-11-7-8-12(16(9-11)24-2)14-10-22-15-6-4-3-5-13(15)20-17(19)18(22)21-14/h3-10H,1-2H3,(H2,19,20). The van der Waals surface area contributed by atoms with Crippen molar-refractivity contribution < 1.29 is 9.47 Å². The van der Waals surface area contributed by atoms with E-state index in [-0.39, 0.29) is 0 Å². The number of hydrogen-bond acceptors (Lipinski definition) is 5. The van der Waals surface area contributed by atoms with Gasteiger partial charge in [-0.3, -0.25) is 4.40 Å². The summed E-state index contributed by atoms with van der Waals surface area (Å²) >= 11 is 0. The fourth-order valence-electron chi connectivity index (χ4n) is 2.83. The van der Waals surface area contributed by atoms with E-state index < -0.39 is 0 Å². The molecule has 0 atom stereocenters. The van der Waals surface area contributed by atoms with Gasteiger partial charge in [-0.05, 0) is 24.3 Å². The lowest BCUT2D eigenvalue weighted by atomic mass is 10.1. The zero-order valence-electron chi connectivity index (χ0n) is 13.4. The molecule has 4 aromatic rings. The molecule has 6 nitrogen and oxygen atoms in total. The van der Waals surface area contributed by atoms with E-state index in [0.717, 1.165) is 28.0 Å². The Morgan fingerprint density at radius 1 is 1.00 bits per heavy atom. The van der Waals surface area contributed by atoms with E-state index in [0.29, 0.717) is 17.2 Å². The highest BCUT2D eigenvalue weighted by molar-refractivity contribution is 5.84. The number of hydrogen-bond donors (Lipinski definition) is 1. The summed E-state index contributed by atoms with van der Waals surface area (Å²) in [5.74, 6) is 1.81. The van der Waals surface area contributed by atoms with Gasteiger partial charge in [-0.2, -0.15) is 0 Å². The van der Waals surface area contributed by atoms with Crippen molar-refractivity contribution in [2.75, 3.05) is 20.0 Å². The van der Waals surface area contributed by atoms with Crippen molar-refractivity contribution in [2.45, 2.75) is 0 Å². The summed E-state index contributed by atoms with van der Waals surface area (Å²) in [6.45, 7) is 0. The number of nitrogens with zero attached hydrogens (tertiary/aromatic N) is 3. The first kappa shape index (κ1) is 14.3. The Morgan fingerprint density at radius 3 is 2.62 bits per heavy atom. The highest BCUT2D eigenvalue weighted by Gasteiger charge is 2.14. The summed E-state index contributed by atoms with van der Waals surface area (Å²) in [4.78, 5) is 9.08. The SMILES string of the molecule is COc1ccc(-c2cn3c(n2)c(N)nc2ccccc23)c(OC)c1. The molecule has 24 heavy (non-hydrogen) atoms. The third kappa shape index (κ3) is 2.11. The summed E-state index contributed by atoms with van der Waals surface area (Å²) in [6.07, 6.45) is 1.94. The van der Waals surface area contributed by atoms with Crippen LogP contribution in [0.3, 0.4) is 0 Å². The molecule has 2 N–H and O–H groups in total. The molecule has 2 aromatic carbocycles. The van der Waals surface area contributed by atoms with Crippen molar-refractivity contribution in [3.05, 3.63) is 48.7 Å². The van der Waals surface area contributed by atoms with Crippen LogP contribution in [-0.2, 0) is 0 Å². The minimum Gasteiger partial charge on any atom is -0.497 e. The van der Waals surface area contributed by atoms with Crippen LogP contribution in [-0.4, -0.2) is 28.6 Å². The molecule has 0 aliphatic heterocycles. The van der Waals surface area contributed by atoms with Gasteiger partial charge in [-0.15, -0.1) is 0 Å². The van der Waals surface area contributed by atoms with Gasteiger partial charge in [0, 0.05) is 17.8 Å². The predicted molar refractivity (Wildman–Crippen MR) is 93.4 cm³/mol. The number of benzene rings is 2. The third-order valence-corrected chi connectivity index (χ3v) is 4.00. The first-order chi connectivity index (χ1) is 11.7. The van der Waals surface area contributed by atoms with Crippen LogP contribution in [0.2, 0.25) is 0 Å². The molecule has 6 heteroatoms. The zero-order chi connectivity index (χ0) is 16.7. The molecule has 0 radical (unpaired) electrons. The molecule has 0 aliphatic rings. The number of fused-ring (bicyclic) bond motifs is 3. The average Bonchev–Trinajstić information content (AvgIpc) is 3.07. The molecule has 0 spiro atoms. The Balaban J connectivity index is 1.99. The summed E-state index contributed by atoms with van der Waals surface area (Å²) in [7, 11) is 3.25. The zero-order valence-corrected chi connectivity index (χ0v) is 13.4. The summed E-state index contributed by atoms with van der Waals surface area (Å²) in [5.41, 5.74) is 10.1. The lowest BCUT2D eigenvalue weighted by Crippen LogP contribution is -1.97. The van der Waals surface area contributed by atoms with Crippen LogP contribution in [0.25, 0.3) is 27.9 Å². The van der Waals surface area contributed by atoms with Gasteiger partial charge in [0.1, 0.15) is 11.5 Å². The second-order valence-electron chi connectivity index (χ2n) is 5.37. The number of para-hydroxylation sites is 2. The van der Waals surface area contributed by atoms with Crippen LogP contribution in [0, 0.1) is 0 Å². The Kier molecular flexibility index (Phi) is 3.23. The highest BCUT2D eigenvalue weighted by Crippen LogP contribution is 2.34. The molecule has 0 saturated heterocycles. The summed E-state index contributed by atoms with van der Waals surface area (Å²) in [6, 6.07) is 13.5. The Hall–Kier alpha value is -3.28. The second-order valence-corrected chi connectivity index (χ2v) is 5.37. The maximum absolute atomic E-state index is 6.08. The first-order valence-corrected chi connectivity index (χ1v) is 7.47. The predicted octanol–water partition coefficient (Wildman–Crippen LogP) is 3.15. The first-order valence-electron chi connectivity index (χ1n) is 7.47. The van der Waals surface area contributed by atoms with E-state index >= 15 is 0 Å². The maximum atomic E-state index is 6.08. The van der Waals surface area contributed by atoms with Gasteiger partial charge in [-0.25, -0.2) is 9.97 Å². The van der Waals surface area contributed by atoms with Gasteiger partial charge in [0.15, 0.2) is 11.5 Å². The maximum Gasteiger partial charge on any atom is 0.180 e. The molecular formula is C18H16N4O2. The van der Waals surface area contributed by atoms with Gasteiger partial charge in [0.05, 0.1) is 30.9 Å². The van der Waals surface area contributed by atoms with Crippen LogP contribution in [0.1, 0.15) is 0 Å². The monoisotopic (exact) mass is 320 g/mol. The molecule has 0 amide bonds. The number of nitrogen functional groups attached to an aromatic ring is 1. The van der Waals surface area contributed by atoms with Gasteiger partial charge in [0.25, 0.3) is 0 Å². The van der Waals surface area contributed by atoms with Crippen LogP contribution < -0.4 is 15.2 Å². The number of imidazole rings is 1. The van der Waals surface area contributed by atoms with Crippen molar-refractivity contribution in [2.24, 2.45) is 0 Å². The van der Waals surface area contributed by atoms with Crippen molar-refractivity contribution in [3.63, 3.8) is 0 Å². The van der Waals surface area contributed by atoms with Crippen LogP contribution in [0.5, 0.6) is 11.5 Å². The number of methoxy groups -OCH3 is 2. The largest absolute Gasteiger partial charge is 0.497 e. The molecule has 0 aliphatic carbocycles. The Morgan fingerprint density at radius 2 is 1.83 bits per heavy atom. The van der Waals surface area contributed by atoms with Gasteiger partial charge in [-0.1, -0.05) is 12.1 Å². The quantitative estimate of drug-likeness (QED) is 0.627. The number of ether oxygens (including phenoxy) is 2. The summed E-state index contributed by atoms with van der Waals surface area (Å²) < 4.78 is 12.7. The van der Waals surface area contributed by atoms with Crippen LogP contribution in [0.4, 0.5) is 5.82 Å². The molecule has 0 bridgehead atoms. The number of nitrogens with two attached hydrogens (primary N) is 1. The minimum absolute atomic E-state index is 0.396. The van der Waals surface area contributed by atoms with E-state index in [1.54, 1.807) is 14.2 Å². The minimum atomic E-state index is 0.396. The Labute approximate surface area is 138 Å². The number of rotatable bonds is 3. The fourth-order valence-corrected chi connectivity index (χ4v) is 2.83. The molecular weight excluding hydrogens is 304 g/mol. The smallest absolute Gasteiger partial charge is 0.180 e. The average molecular weight is 320 g/mol. The van der Waals surface area contributed by atoms with Crippen LogP contribution >= 0.6 is 0 Å². The van der Waals surface area contributed by atoms with Crippen molar-refractivity contribution in [1.29, 1.82) is 0 Å². The molecule has 0 fully saturated rings. The number of anilines is 1. The van der Waals surface area contributed by atoms with Gasteiger partial charge in [0.2, 0.25) is 0 Å². The second kappa shape index (κ2) is 5.42. The van der Waals surface area contributed by atoms with Crippen molar-refractivity contribution in [3.8, 4) is 22.8 Å². The van der Waals surface area contributed by atoms with Crippen molar-refractivity contribution in [1.82, 2.24) is 14.4 Å². The third-order valence-electron chi connectivity index (χ3n) is 4.00. The molecule has 0 saturated carbocycles. The van der Waals surface area contributed by atoms with Crippen LogP contribution in [0.15, 0.2) is 48.7 Å². The van der Waals surface area contributed by atoms with Gasteiger partial charge < -0.3 is 15.2 Å². The molecule has 4 rings (SSSR count). The summed E-state index contributed by atoms with van der Waals surface area (Å²) in [5, 5.41) is 0. The van der Waals surface area contributed by atoms with E-state index in [4.69, 9.17) is 15.2 Å². The Bertz CT molecular complexity index is 1060. The molecule has 0 unspecified atom stereocenters. The van der Waals surface area contributed by atoms with E-state index in [1.165, 1.54) is 0 Å². The van der Waals surface area contributed by atoms with E-state index in [1.807, 2.05) is 53.1 Å². The fraction of sp³-hybridized carbons (Fsp3) is 0.111. The molecule has 120 valence electrons. The molecule has 2 aromatic heterocycles. The normalized spacial score (nSPS) is 11.1. The van der Waals surface area contributed by atoms with E-state index in [2.05, 4.69) is 9.97 Å². The number of aromatic nitrogens is 3. The van der Waals surface area contributed by atoms with E-state index in [9.17, 15) is 0 Å².